The highest BCUT2D eigenvalue weighted by atomic mass is 79.9. The summed E-state index contributed by atoms with van der Waals surface area (Å²) in [4.78, 5) is 38.4. The minimum Gasteiger partial charge on any atom is -0.490 e. The first kappa shape index (κ1) is 31.0. The molecule has 0 aliphatic rings. The Morgan fingerprint density at radius 2 is 1.44 bits per heavy atom. The Labute approximate surface area is 258 Å². The van der Waals surface area contributed by atoms with Gasteiger partial charge in [0.15, 0.2) is 11.5 Å². The molecule has 0 saturated heterocycles. The molecule has 0 aliphatic carbocycles. The molecule has 43 heavy (non-hydrogen) atoms. The quantitative estimate of drug-likeness (QED) is 0.0805. The highest BCUT2D eigenvalue weighted by molar-refractivity contribution is 9.10. The molecule has 9 nitrogen and oxygen atoms in total. The van der Waals surface area contributed by atoms with Crippen molar-refractivity contribution in [2.45, 2.75) is 20.8 Å². The Kier molecular flexibility index (Phi) is 10.7. The molecule has 0 radical (unpaired) electrons. The summed E-state index contributed by atoms with van der Waals surface area (Å²) in [5, 5.41) is 6.85. The van der Waals surface area contributed by atoms with E-state index in [4.69, 9.17) is 14.2 Å². The van der Waals surface area contributed by atoms with Crippen LogP contribution in [0, 0.1) is 6.92 Å². The maximum atomic E-state index is 12.9. The van der Waals surface area contributed by atoms with Gasteiger partial charge >= 0.3 is 5.97 Å². The van der Waals surface area contributed by atoms with E-state index in [1.165, 1.54) is 12.3 Å². The zero-order valence-electron chi connectivity index (χ0n) is 23.8. The number of hydrogen-bond acceptors (Lipinski definition) is 7. The van der Waals surface area contributed by atoms with Crippen LogP contribution in [0.5, 0.6) is 17.2 Å². The average Bonchev–Trinajstić information content (AvgIpc) is 3.00. The third kappa shape index (κ3) is 8.52. The molecule has 0 atom stereocenters. The molecule has 0 bridgehead atoms. The van der Waals surface area contributed by atoms with Crippen LogP contribution in [0.1, 0.15) is 56.0 Å². The summed E-state index contributed by atoms with van der Waals surface area (Å²) >= 11 is 3.40. The summed E-state index contributed by atoms with van der Waals surface area (Å²) in [5.74, 6) is -0.0827. The van der Waals surface area contributed by atoms with Crippen LogP contribution in [-0.4, -0.2) is 37.2 Å². The minimum atomic E-state index is -0.515. The van der Waals surface area contributed by atoms with Crippen molar-refractivity contribution in [3.8, 4) is 17.2 Å². The summed E-state index contributed by atoms with van der Waals surface area (Å²) < 4.78 is 17.5. The lowest BCUT2D eigenvalue weighted by molar-refractivity contribution is 0.0733. The first-order chi connectivity index (χ1) is 20.8. The summed E-state index contributed by atoms with van der Waals surface area (Å²) in [7, 11) is 0. The van der Waals surface area contributed by atoms with E-state index < -0.39 is 11.9 Å². The van der Waals surface area contributed by atoms with Crippen molar-refractivity contribution in [2.75, 3.05) is 18.5 Å². The number of benzene rings is 4. The predicted molar refractivity (Wildman–Crippen MR) is 169 cm³/mol. The van der Waals surface area contributed by atoms with Gasteiger partial charge in [0.05, 0.1) is 25.0 Å². The lowest BCUT2D eigenvalue weighted by Crippen LogP contribution is -2.18. The standard InChI is InChI=1S/C33H30BrN3O6/c1-4-41-29-15-13-24(19-30(29)42-5-2)31(38)36-27-8-6-7-23(18-27)32(39)37-35-20-25-17-26(34)14-16-28(25)43-33(40)22-11-9-21(3)10-12-22/h6-20H,4-5H2,1-3H3,(H,36,38)(H,37,39). The van der Waals surface area contributed by atoms with Crippen LogP contribution < -0.4 is 25.0 Å². The van der Waals surface area contributed by atoms with Gasteiger partial charge in [0.1, 0.15) is 5.75 Å². The van der Waals surface area contributed by atoms with Crippen LogP contribution in [0.3, 0.4) is 0 Å². The van der Waals surface area contributed by atoms with Crippen molar-refractivity contribution in [3.05, 3.63) is 117 Å². The van der Waals surface area contributed by atoms with Crippen molar-refractivity contribution in [1.82, 2.24) is 5.43 Å². The largest absolute Gasteiger partial charge is 0.490 e. The Bertz CT molecular complexity index is 1650. The highest BCUT2D eigenvalue weighted by Crippen LogP contribution is 2.29. The lowest BCUT2D eigenvalue weighted by atomic mass is 10.1. The Morgan fingerprint density at radius 1 is 0.767 bits per heavy atom. The Hall–Kier alpha value is -4.96. The van der Waals surface area contributed by atoms with Gasteiger partial charge in [-0.15, -0.1) is 0 Å². The SMILES string of the molecule is CCOc1ccc(C(=O)Nc2cccc(C(=O)NN=Cc3cc(Br)ccc3OC(=O)c3ccc(C)cc3)c2)cc1OCC. The van der Waals surface area contributed by atoms with Gasteiger partial charge in [-0.25, -0.2) is 10.2 Å². The average molecular weight is 645 g/mol. The zero-order valence-corrected chi connectivity index (χ0v) is 25.4. The molecule has 4 aromatic carbocycles. The van der Waals surface area contributed by atoms with E-state index in [1.54, 1.807) is 66.7 Å². The molecular formula is C33H30BrN3O6. The molecule has 0 aliphatic heterocycles. The third-order valence-corrected chi connectivity index (χ3v) is 6.51. The van der Waals surface area contributed by atoms with Crippen LogP contribution in [0.2, 0.25) is 0 Å². The van der Waals surface area contributed by atoms with Gasteiger partial charge in [-0.1, -0.05) is 39.7 Å². The number of hydrazone groups is 1. The van der Waals surface area contributed by atoms with Gasteiger partial charge < -0.3 is 19.5 Å². The molecule has 10 heteroatoms. The summed E-state index contributed by atoms with van der Waals surface area (Å²) in [6, 6.07) is 23.5. The van der Waals surface area contributed by atoms with Crippen molar-refractivity contribution in [2.24, 2.45) is 5.10 Å². The van der Waals surface area contributed by atoms with Gasteiger partial charge in [-0.05, 0) is 87.5 Å². The van der Waals surface area contributed by atoms with Crippen molar-refractivity contribution >= 4 is 45.6 Å². The number of carbonyl (C=O) groups is 3. The summed E-state index contributed by atoms with van der Waals surface area (Å²) in [6.07, 6.45) is 1.38. The second kappa shape index (κ2) is 14.8. The Morgan fingerprint density at radius 3 is 2.19 bits per heavy atom. The van der Waals surface area contributed by atoms with Crippen LogP contribution >= 0.6 is 15.9 Å². The van der Waals surface area contributed by atoms with E-state index in [9.17, 15) is 14.4 Å². The number of amides is 2. The van der Waals surface area contributed by atoms with Crippen LogP contribution in [0.4, 0.5) is 5.69 Å². The zero-order chi connectivity index (χ0) is 30.8. The number of carbonyl (C=O) groups excluding carboxylic acids is 3. The summed E-state index contributed by atoms with van der Waals surface area (Å²) in [6.45, 7) is 6.54. The van der Waals surface area contributed by atoms with E-state index >= 15 is 0 Å². The molecule has 0 spiro atoms. The highest BCUT2D eigenvalue weighted by Gasteiger charge is 2.14. The molecule has 0 heterocycles. The normalized spacial score (nSPS) is 10.7. The number of hydrogen-bond donors (Lipinski definition) is 2. The molecule has 0 saturated carbocycles. The molecule has 2 amide bonds. The molecule has 0 fully saturated rings. The van der Waals surface area contributed by atoms with E-state index in [2.05, 4.69) is 31.8 Å². The van der Waals surface area contributed by atoms with Gasteiger partial charge in [0.25, 0.3) is 11.8 Å². The predicted octanol–water partition coefficient (Wildman–Crippen LogP) is 6.79. The smallest absolute Gasteiger partial charge is 0.343 e. The van der Waals surface area contributed by atoms with Crippen LogP contribution in [0.25, 0.3) is 0 Å². The topological polar surface area (TPSA) is 115 Å². The first-order valence-corrected chi connectivity index (χ1v) is 14.3. The Balaban J connectivity index is 1.42. The third-order valence-electron chi connectivity index (χ3n) is 6.02. The molecule has 4 rings (SSSR count). The van der Waals surface area contributed by atoms with E-state index in [1.807, 2.05) is 32.9 Å². The number of ether oxygens (including phenoxy) is 3. The minimum absolute atomic E-state index is 0.275. The fraction of sp³-hybridized carbons (Fsp3) is 0.152. The lowest BCUT2D eigenvalue weighted by Gasteiger charge is -2.12. The maximum absolute atomic E-state index is 12.9. The van der Waals surface area contributed by atoms with Gasteiger partial charge in [-0.2, -0.15) is 5.10 Å². The fourth-order valence-electron chi connectivity index (χ4n) is 3.92. The number of aryl methyl sites for hydroxylation is 1. The van der Waals surface area contributed by atoms with Crippen molar-refractivity contribution in [1.29, 1.82) is 0 Å². The number of nitrogens with one attached hydrogen (secondary N) is 2. The second-order valence-electron chi connectivity index (χ2n) is 9.20. The van der Waals surface area contributed by atoms with E-state index in [-0.39, 0.29) is 17.2 Å². The van der Waals surface area contributed by atoms with Gasteiger partial charge in [0, 0.05) is 26.9 Å². The number of anilines is 1. The number of esters is 1. The molecular weight excluding hydrogens is 614 g/mol. The monoisotopic (exact) mass is 643 g/mol. The van der Waals surface area contributed by atoms with Crippen molar-refractivity contribution in [3.63, 3.8) is 0 Å². The molecule has 0 aromatic heterocycles. The van der Waals surface area contributed by atoms with E-state index in [0.29, 0.717) is 47.1 Å². The number of nitrogens with zero attached hydrogens (tertiary/aromatic N) is 1. The number of rotatable bonds is 11. The van der Waals surface area contributed by atoms with Gasteiger partial charge in [0.2, 0.25) is 0 Å². The first-order valence-electron chi connectivity index (χ1n) is 13.5. The second-order valence-corrected chi connectivity index (χ2v) is 10.1. The van der Waals surface area contributed by atoms with Crippen LogP contribution in [-0.2, 0) is 0 Å². The molecule has 0 unspecified atom stereocenters. The van der Waals surface area contributed by atoms with Crippen LogP contribution in [0.15, 0.2) is 94.5 Å². The van der Waals surface area contributed by atoms with Gasteiger partial charge in [-0.3, -0.25) is 9.59 Å². The van der Waals surface area contributed by atoms with E-state index in [0.717, 1.165) is 10.0 Å². The molecule has 4 aromatic rings. The fourth-order valence-corrected chi connectivity index (χ4v) is 4.30. The molecule has 220 valence electrons. The maximum Gasteiger partial charge on any atom is 0.343 e. The van der Waals surface area contributed by atoms with Crippen molar-refractivity contribution < 1.29 is 28.6 Å². The number of halogens is 1. The molecule has 2 N–H and O–H groups in total. The summed E-state index contributed by atoms with van der Waals surface area (Å²) in [5.41, 5.74) is 5.45.